The number of unbranched alkanes of at least 4 members (excludes halogenated alkanes) is 2. The Labute approximate surface area is 81.2 Å². The first-order valence-corrected chi connectivity index (χ1v) is 5.55. The summed E-state index contributed by atoms with van der Waals surface area (Å²) in [7, 11) is 0. The van der Waals surface area contributed by atoms with Crippen LogP contribution in [0.1, 0.15) is 57.8 Å². The van der Waals surface area contributed by atoms with E-state index in [0.717, 1.165) is 25.5 Å². The van der Waals surface area contributed by atoms with Crippen molar-refractivity contribution in [2.75, 3.05) is 0 Å². The Morgan fingerprint density at radius 2 is 1.69 bits per heavy atom. The zero-order valence-corrected chi connectivity index (χ0v) is 8.43. The van der Waals surface area contributed by atoms with Crippen LogP contribution in [0.3, 0.4) is 0 Å². The molecule has 0 aromatic heterocycles. The maximum atomic E-state index is 10.1. The van der Waals surface area contributed by atoms with Crippen LogP contribution in [0.5, 0.6) is 0 Å². The third-order valence-corrected chi connectivity index (χ3v) is 2.70. The Balaban J connectivity index is 2.18. The van der Waals surface area contributed by atoms with Crippen molar-refractivity contribution in [2.45, 2.75) is 57.8 Å². The summed E-state index contributed by atoms with van der Waals surface area (Å²) in [5, 5.41) is 0. The largest absolute Gasteiger partial charge is 0.303 e. The van der Waals surface area contributed by atoms with Crippen molar-refractivity contribution in [1.29, 1.82) is 0 Å². The zero-order chi connectivity index (χ0) is 9.36. The molecule has 1 aliphatic rings. The SMILES string of the molecule is O=CCCCC=C1CCCCCC1. The highest BCUT2D eigenvalue weighted by atomic mass is 16.1. The number of hydrogen-bond acceptors (Lipinski definition) is 1. The lowest BCUT2D eigenvalue weighted by Gasteiger charge is -2.01. The van der Waals surface area contributed by atoms with Gasteiger partial charge < -0.3 is 4.79 Å². The number of carbonyl (C=O) groups is 1. The Kier molecular flexibility index (Phi) is 5.55. The van der Waals surface area contributed by atoms with Crippen LogP contribution >= 0.6 is 0 Å². The summed E-state index contributed by atoms with van der Waals surface area (Å²) in [6, 6.07) is 0. The van der Waals surface area contributed by atoms with Gasteiger partial charge in [-0.1, -0.05) is 24.5 Å². The van der Waals surface area contributed by atoms with Gasteiger partial charge in [0.1, 0.15) is 6.29 Å². The van der Waals surface area contributed by atoms with Gasteiger partial charge in [-0.3, -0.25) is 0 Å². The summed E-state index contributed by atoms with van der Waals surface area (Å²) in [4.78, 5) is 10.1. The molecule has 0 aliphatic heterocycles. The third kappa shape index (κ3) is 4.87. The molecule has 0 aromatic rings. The number of rotatable bonds is 4. The van der Waals surface area contributed by atoms with Crippen LogP contribution in [0.15, 0.2) is 11.6 Å². The lowest BCUT2D eigenvalue weighted by molar-refractivity contribution is -0.107. The molecule has 0 amide bonds. The normalized spacial score (nSPS) is 18.0. The molecule has 0 atom stereocenters. The fourth-order valence-electron chi connectivity index (χ4n) is 1.89. The summed E-state index contributed by atoms with van der Waals surface area (Å²) in [6.45, 7) is 0. The topological polar surface area (TPSA) is 17.1 Å². The maximum absolute atomic E-state index is 10.1. The molecule has 1 nitrogen and oxygen atoms in total. The molecule has 74 valence electrons. The summed E-state index contributed by atoms with van der Waals surface area (Å²) < 4.78 is 0. The number of hydrogen-bond donors (Lipinski definition) is 0. The van der Waals surface area contributed by atoms with Crippen LogP contribution in [-0.2, 0) is 4.79 Å². The van der Waals surface area contributed by atoms with Gasteiger partial charge in [0.05, 0.1) is 0 Å². The Morgan fingerprint density at radius 3 is 2.31 bits per heavy atom. The van der Waals surface area contributed by atoms with Gasteiger partial charge in [-0.05, 0) is 38.5 Å². The molecule has 1 rings (SSSR count). The van der Waals surface area contributed by atoms with Gasteiger partial charge in [0.15, 0.2) is 0 Å². The van der Waals surface area contributed by atoms with E-state index in [2.05, 4.69) is 6.08 Å². The quantitative estimate of drug-likeness (QED) is 0.279. The molecular formula is C12H20O. The highest BCUT2D eigenvalue weighted by Gasteiger charge is 2.02. The Bertz CT molecular complexity index is 160. The molecule has 0 heterocycles. The predicted octanol–water partition coefficient (Wildman–Crippen LogP) is 3.64. The molecule has 0 spiro atoms. The average Bonchev–Trinajstić information content (AvgIpc) is 2.41. The van der Waals surface area contributed by atoms with Gasteiger partial charge in [0, 0.05) is 6.42 Å². The average molecular weight is 180 g/mol. The van der Waals surface area contributed by atoms with Gasteiger partial charge in [0.2, 0.25) is 0 Å². The van der Waals surface area contributed by atoms with Crippen LogP contribution in [0.2, 0.25) is 0 Å². The molecule has 13 heavy (non-hydrogen) atoms. The third-order valence-electron chi connectivity index (χ3n) is 2.70. The van der Waals surface area contributed by atoms with Crippen molar-refractivity contribution in [1.82, 2.24) is 0 Å². The molecule has 0 bridgehead atoms. The monoisotopic (exact) mass is 180 g/mol. The van der Waals surface area contributed by atoms with Gasteiger partial charge in [0.25, 0.3) is 0 Å². The van der Waals surface area contributed by atoms with Crippen molar-refractivity contribution < 1.29 is 4.79 Å². The second-order valence-electron chi connectivity index (χ2n) is 3.87. The van der Waals surface area contributed by atoms with Crippen LogP contribution in [0.25, 0.3) is 0 Å². The van der Waals surface area contributed by atoms with Gasteiger partial charge in [-0.15, -0.1) is 0 Å². The van der Waals surface area contributed by atoms with Crippen LogP contribution in [0, 0.1) is 0 Å². The molecule has 1 fully saturated rings. The zero-order valence-electron chi connectivity index (χ0n) is 8.43. The second-order valence-corrected chi connectivity index (χ2v) is 3.87. The minimum absolute atomic E-state index is 0.726. The Morgan fingerprint density at radius 1 is 1.00 bits per heavy atom. The van der Waals surface area contributed by atoms with Crippen molar-refractivity contribution in [3.8, 4) is 0 Å². The Hall–Kier alpha value is -0.590. The van der Waals surface area contributed by atoms with Gasteiger partial charge in [-0.2, -0.15) is 0 Å². The van der Waals surface area contributed by atoms with Crippen molar-refractivity contribution in [3.05, 3.63) is 11.6 Å². The first-order chi connectivity index (χ1) is 6.43. The van der Waals surface area contributed by atoms with Crippen LogP contribution in [-0.4, -0.2) is 6.29 Å². The van der Waals surface area contributed by atoms with Gasteiger partial charge >= 0.3 is 0 Å². The molecule has 0 unspecified atom stereocenters. The highest BCUT2D eigenvalue weighted by molar-refractivity contribution is 5.49. The number of aldehydes is 1. The van der Waals surface area contributed by atoms with Crippen molar-refractivity contribution >= 4 is 6.29 Å². The van der Waals surface area contributed by atoms with E-state index in [1.807, 2.05) is 0 Å². The van der Waals surface area contributed by atoms with E-state index in [1.165, 1.54) is 38.5 Å². The molecule has 0 aromatic carbocycles. The molecule has 1 heteroatoms. The van der Waals surface area contributed by atoms with E-state index in [4.69, 9.17) is 0 Å². The summed E-state index contributed by atoms with van der Waals surface area (Å²) in [6.07, 6.45) is 14.4. The summed E-state index contributed by atoms with van der Waals surface area (Å²) in [5.41, 5.74) is 1.64. The van der Waals surface area contributed by atoms with Crippen molar-refractivity contribution in [2.24, 2.45) is 0 Å². The lowest BCUT2D eigenvalue weighted by atomic mass is 10.1. The number of carbonyl (C=O) groups excluding carboxylic acids is 1. The minimum Gasteiger partial charge on any atom is -0.303 e. The van der Waals surface area contributed by atoms with E-state index >= 15 is 0 Å². The maximum Gasteiger partial charge on any atom is 0.120 e. The molecule has 1 saturated carbocycles. The predicted molar refractivity (Wildman–Crippen MR) is 55.7 cm³/mol. The van der Waals surface area contributed by atoms with Crippen LogP contribution < -0.4 is 0 Å². The minimum atomic E-state index is 0.726. The smallest absolute Gasteiger partial charge is 0.120 e. The molecule has 0 radical (unpaired) electrons. The van der Waals surface area contributed by atoms with E-state index in [9.17, 15) is 4.79 Å². The molecule has 0 N–H and O–H groups in total. The first kappa shape index (κ1) is 10.5. The van der Waals surface area contributed by atoms with E-state index in [0.29, 0.717) is 0 Å². The highest BCUT2D eigenvalue weighted by Crippen LogP contribution is 2.22. The second kappa shape index (κ2) is 6.88. The number of allylic oxidation sites excluding steroid dienone is 2. The van der Waals surface area contributed by atoms with Gasteiger partial charge in [-0.25, -0.2) is 0 Å². The molecule has 0 saturated heterocycles. The summed E-state index contributed by atoms with van der Waals surface area (Å²) in [5.74, 6) is 0. The first-order valence-electron chi connectivity index (χ1n) is 5.55. The van der Waals surface area contributed by atoms with Crippen molar-refractivity contribution in [3.63, 3.8) is 0 Å². The van der Waals surface area contributed by atoms with Crippen LogP contribution in [0.4, 0.5) is 0 Å². The van der Waals surface area contributed by atoms with E-state index in [-0.39, 0.29) is 0 Å². The van der Waals surface area contributed by atoms with E-state index < -0.39 is 0 Å². The molecular weight excluding hydrogens is 160 g/mol. The fourth-order valence-corrected chi connectivity index (χ4v) is 1.89. The fraction of sp³-hybridized carbons (Fsp3) is 0.750. The lowest BCUT2D eigenvalue weighted by Crippen LogP contribution is -1.82. The van der Waals surface area contributed by atoms with E-state index in [1.54, 1.807) is 5.57 Å². The standard InChI is InChI=1S/C12H20O/c13-11-7-3-6-10-12-8-4-1-2-5-9-12/h10-11H,1-9H2. The molecule has 1 aliphatic carbocycles. The summed E-state index contributed by atoms with van der Waals surface area (Å²) >= 11 is 0.